The average molecular weight is 296 g/mol. The third kappa shape index (κ3) is 2.62. The molecule has 0 spiro atoms. The third-order valence-corrected chi connectivity index (χ3v) is 3.70. The van der Waals surface area contributed by atoms with Crippen LogP contribution in [0.1, 0.15) is 18.3 Å². The van der Waals surface area contributed by atoms with Crippen LogP contribution in [0.2, 0.25) is 0 Å². The Labute approximate surface area is 120 Å². The van der Waals surface area contributed by atoms with Crippen molar-refractivity contribution in [2.75, 3.05) is 13.0 Å². The Hall–Kier alpha value is -2.03. The minimum atomic E-state index is -0.417. The number of methoxy groups -OCH3 is 1. The molecule has 1 unspecified atom stereocenters. The fraction of sp³-hybridized carbons (Fsp3) is 0.455. The molecule has 0 aliphatic rings. The Morgan fingerprint density at radius 2 is 2.15 bits per heavy atom. The van der Waals surface area contributed by atoms with Gasteiger partial charge in [0, 0.05) is 5.69 Å². The van der Waals surface area contributed by atoms with Crippen molar-refractivity contribution in [2.24, 2.45) is 0 Å². The third-order valence-electron chi connectivity index (χ3n) is 2.66. The lowest BCUT2D eigenvalue weighted by molar-refractivity contribution is -0.139. The molecule has 2 rings (SSSR count). The zero-order valence-electron chi connectivity index (χ0n) is 11.7. The van der Waals surface area contributed by atoms with E-state index in [4.69, 9.17) is 5.84 Å². The van der Waals surface area contributed by atoms with Gasteiger partial charge in [0.05, 0.1) is 12.8 Å². The van der Waals surface area contributed by atoms with Crippen molar-refractivity contribution >= 4 is 17.7 Å². The predicted molar refractivity (Wildman–Crippen MR) is 74.1 cm³/mol. The molecule has 2 aromatic heterocycles. The molecule has 0 aliphatic heterocycles. The summed E-state index contributed by atoms with van der Waals surface area (Å²) in [6.45, 7) is 5.50. The van der Waals surface area contributed by atoms with E-state index < -0.39 is 5.25 Å². The van der Waals surface area contributed by atoms with E-state index in [0.29, 0.717) is 11.1 Å². The van der Waals surface area contributed by atoms with Crippen molar-refractivity contribution in [3.63, 3.8) is 0 Å². The van der Waals surface area contributed by atoms with Crippen LogP contribution in [0.15, 0.2) is 11.2 Å². The molecule has 108 valence electrons. The number of carbonyl (C=O) groups is 1. The highest BCUT2D eigenvalue weighted by Gasteiger charge is 2.21. The lowest BCUT2D eigenvalue weighted by atomic mass is 10.4. The molecule has 0 amide bonds. The SMILES string of the molecule is COC(=O)C(C)Sc1nnc(-n2nc(C)cc2C)n1N. The number of nitrogen functional groups attached to an aromatic ring is 1. The van der Waals surface area contributed by atoms with Crippen LogP contribution in [0, 0.1) is 13.8 Å². The van der Waals surface area contributed by atoms with E-state index in [1.165, 1.54) is 23.5 Å². The smallest absolute Gasteiger partial charge is 0.318 e. The van der Waals surface area contributed by atoms with E-state index in [9.17, 15) is 4.79 Å². The topological polar surface area (TPSA) is 101 Å². The largest absolute Gasteiger partial charge is 0.468 e. The predicted octanol–water partition coefficient (Wildman–Crippen LogP) is 0.448. The second kappa shape index (κ2) is 5.53. The molecule has 2 heterocycles. The van der Waals surface area contributed by atoms with Crippen molar-refractivity contribution in [1.29, 1.82) is 0 Å². The van der Waals surface area contributed by atoms with E-state index in [-0.39, 0.29) is 5.97 Å². The van der Waals surface area contributed by atoms with Gasteiger partial charge in [-0.1, -0.05) is 11.8 Å². The highest BCUT2D eigenvalue weighted by Crippen LogP contribution is 2.22. The summed E-state index contributed by atoms with van der Waals surface area (Å²) in [6.07, 6.45) is 0. The number of esters is 1. The molecule has 0 aromatic carbocycles. The molecule has 1 atom stereocenters. The Morgan fingerprint density at radius 3 is 2.70 bits per heavy atom. The Balaban J connectivity index is 2.28. The van der Waals surface area contributed by atoms with Crippen molar-refractivity contribution < 1.29 is 9.53 Å². The van der Waals surface area contributed by atoms with Gasteiger partial charge < -0.3 is 10.6 Å². The molecule has 0 saturated carbocycles. The van der Waals surface area contributed by atoms with Crippen LogP contribution in [0.5, 0.6) is 0 Å². The first-order valence-electron chi connectivity index (χ1n) is 5.92. The maximum Gasteiger partial charge on any atom is 0.318 e. The molecule has 0 aliphatic carbocycles. The second-order valence-electron chi connectivity index (χ2n) is 4.27. The van der Waals surface area contributed by atoms with E-state index in [2.05, 4.69) is 20.0 Å². The summed E-state index contributed by atoms with van der Waals surface area (Å²) in [7, 11) is 1.34. The Bertz CT molecular complexity index is 635. The summed E-state index contributed by atoms with van der Waals surface area (Å²) >= 11 is 1.18. The van der Waals surface area contributed by atoms with Crippen molar-refractivity contribution in [2.45, 2.75) is 31.2 Å². The molecule has 0 radical (unpaired) electrons. The molecular formula is C11H16N6O2S. The molecule has 20 heavy (non-hydrogen) atoms. The van der Waals surface area contributed by atoms with Crippen LogP contribution in [-0.4, -0.2) is 43.0 Å². The molecule has 2 aromatic rings. The molecule has 9 heteroatoms. The molecule has 8 nitrogen and oxygen atoms in total. The van der Waals surface area contributed by atoms with Gasteiger partial charge >= 0.3 is 5.97 Å². The molecule has 0 fully saturated rings. The maximum absolute atomic E-state index is 11.4. The summed E-state index contributed by atoms with van der Waals surface area (Å²) in [4.78, 5) is 11.4. The van der Waals surface area contributed by atoms with Gasteiger partial charge in [-0.15, -0.1) is 10.2 Å². The number of thioether (sulfide) groups is 1. The number of carbonyl (C=O) groups excluding carboxylic acids is 1. The summed E-state index contributed by atoms with van der Waals surface area (Å²) in [5.74, 6) is 6.02. The minimum Gasteiger partial charge on any atom is -0.468 e. The summed E-state index contributed by atoms with van der Waals surface area (Å²) in [5.41, 5.74) is 1.77. The van der Waals surface area contributed by atoms with Gasteiger partial charge in [-0.25, -0.2) is 9.36 Å². The number of hydrogen-bond donors (Lipinski definition) is 1. The minimum absolute atomic E-state index is 0.342. The molecular weight excluding hydrogens is 280 g/mol. The lowest BCUT2D eigenvalue weighted by Gasteiger charge is -2.08. The number of rotatable bonds is 4. The van der Waals surface area contributed by atoms with Gasteiger partial charge in [-0.2, -0.15) is 5.10 Å². The quantitative estimate of drug-likeness (QED) is 0.496. The average Bonchev–Trinajstić information content (AvgIpc) is 2.92. The monoisotopic (exact) mass is 296 g/mol. The van der Waals surface area contributed by atoms with E-state index in [1.54, 1.807) is 11.6 Å². The van der Waals surface area contributed by atoms with E-state index in [0.717, 1.165) is 11.4 Å². The first-order valence-corrected chi connectivity index (χ1v) is 6.80. The zero-order valence-corrected chi connectivity index (χ0v) is 12.5. The number of ether oxygens (including phenoxy) is 1. The Kier molecular flexibility index (Phi) is 3.98. The number of aromatic nitrogens is 5. The molecule has 0 saturated heterocycles. The first kappa shape index (κ1) is 14.4. The van der Waals surface area contributed by atoms with Crippen LogP contribution in [0.4, 0.5) is 0 Å². The van der Waals surface area contributed by atoms with Crippen LogP contribution >= 0.6 is 11.8 Å². The van der Waals surface area contributed by atoms with Crippen LogP contribution in [0.3, 0.4) is 0 Å². The van der Waals surface area contributed by atoms with Crippen molar-refractivity contribution in [1.82, 2.24) is 24.7 Å². The summed E-state index contributed by atoms with van der Waals surface area (Å²) in [5, 5.41) is 12.3. The van der Waals surface area contributed by atoms with E-state index in [1.807, 2.05) is 19.9 Å². The fourth-order valence-corrected chi connectivity index (χ4v) is 2.49. The van der Waals surface area contributed by atoms with Gasteiger partial charge in [0.15, 0.2) is 0 Å². The fourth-order valence-electron chi connectivity index (χ4n) is 1.70. The van der Waals surface area contributed by atoms with Gasteiger partial charge in [0.25, 0.3) is 5.95 Å². The lowest BCUT2D eigenvalue weighted by Crippen LogP contribution is -2.20. The molecule has 2 N–H and O–H groups in total. The summed E-state index contributed by atoms with van der Waals surface area (Å²) in [6, 6.07) is 1.92. The number of hydrogen-bond acceptors (Lipinski definition) is 7. The zero-order chi connectivity index (χ0) is 14.9. The van der Waals surface area contributed by atoms with Crippen LogP contribution in [-0.2, 0) is 9.53 Å². The normalized spacial score (nSPS) is 12.4. The molecule has 0 bridgehead atoms. The van der Waals surface area contributed by atoms with E-state index >= 15 is 0 Å². The van der Waals surface area contributed by atoms with Gasteiger partial charge in [0.2, 0.25) is 5.16 Å². The second-order valence-corrected chi connectivity index (χ2v) is 5.58. The van der Waals surface area contributed by atoms with Crippen LogP contribution < -0.4 is 5.84 Å². The van der Waals surface area contributed by atoms with Gasteiger partial charge in [-0.05, 0) is 26.8 Å². The van der Waals surface area contributed by atoms with Gasteiger partial charge in [0.1, 0.15) is 5.25 Å². The Morgan fingerprint density at radius 1 is 1.45 bits per heavy atom. The highest BCUT2D eigenvalue weighted by atomic mass is 32.2. The first-order chi connectivity index (χ1) is 9.43. The standard InChI is InChI=1S/C11H16N6O2S/c1-6-5-7(2)17(15-6)10-13-14-11(16(10)12)20-8(3)9(18)19-4/h5,8H,12H2,1-4H3. The number of aryl methyl sites for hydroxylation is 2. The van der Waals surface area contributed by atoms with Crippen molar-refractivity contribution in [3.05, 3.63) is 17.5 Å². The highest BCUT2D eigenvalue weighted by molar-refractivity contribution is 8.00. The number of nitrogens with two attached hydrogens (primary N) is 1. The summed E-state index contributed by atoms with van der Waals surface area (Å²) < 4.78 is 7.58. The van der Waals surface area contributed by atoms with Crippen LogP contribution in [0.25, 0.3) is 5.95 Å². The van der Waals surface area contributed by atoms with Crippen molar-refractivity contribution in [3.8, 4) is 5.95 Å². The number of nitrogens with zero attached hydrogens (tertiary/aromatic N) is 5. The van der Waals surface area contributed by atoms with Gasteiger partial charge in [-0.3, -0.25) is 4.79 Å². The maximum atomic E-state index is 11.4.